The van der Waals surface area contributed by atoms with Gasteiger partial charge in [0.2, 0.25) is 11.8 Å². The molecule has 1 fully saturated rings. The highest BCUT2D eigenvalue weighted by atomic mass is 16.5. The first-order chi connectivity index (χ1) is 12.4. The number of rotatable bonds is 5. The van der Waals surface area contributed by atoms with E-state index in [4.69, 9.17) is 4.74 Å². The van der Waals surface area contributed by atoms with Gasteiger partial charge in [-0.15, -0.1) is 0 Å². The molecule has 2 amide bonds. The van der Waals surface area contributed by atoms with Gasteiger partial charge in [0.05, 0.1) is 5.41 Å². The van der Waals surface area contributed by atoms with Crippen molar-refractivity contribution in [1.29, 1.82) is 0 Å². The molecule has 5 heteroatoms. The molecule has 0 aromatic heterocycles. The summed E-state index contributed by atoms with van der Waals surface area (Å²) >= 11 is 0. The van der Waals surface area contributed by atoms with Crippen LogP contribution in [0.4, 0.5) is 5.69 Å². The van der Waals surface area contributed by atoms with Crippen LogP contribution in [0.5, 0.6) is 5.75 Å². The standard InChI is InChI=1S/C21H24N2O3/c1-15(16-7-5-4-6-8-16)26-18-11-9-17(10-12-18)22-20(25)21(2)13-19(24)23(3)14-21/h4-12,15H,13-14H2,1-3H3,(H,22,25). The van der Waals surface area contributed by atoms with E-state index in [0.29, 0.717) is 12.2 Å². The van der Waals surface area contributed by atoms with Gasteiger partial charge in [-0.1, -0.05) is 30.3 Å². The Morgan fingerprint density at radius 1 is 1.15 bits per heavy atom. The molecule has 1 saturated heterocycles. The number of ether oxygens (including phenoxy) is 1. The minimum atomic E-state index is -0.692. The molecular formula is C21H24N2O3. The van der Waals surface area contributed by atoms with Crippen LogP contribution in [0.25, 0.3) is 0 Å². The van der Waals surface area contributed by atoms with Crippen LogP contribution in [0.2, 0.25) is 0 Å². The number of hydrogen-bond donors (Lipinski definition) is 1. The molecule has 0 bridgehead atoms. The van der Waals surface area contributed by atoms with Crippen LogP contribution in [-0.2, 0) is 9.59 Å². The van der Waals surface area contributed by atoms with Gasteiger partial charge in [-0.05, 0) is 43.7 Å². The topological polar surface area (TPSA) is 58.6 Å². The monoisotopic (exact) mass is 352 g/mol. The zero-order chi connectivity index (χ0) is 18.7. The summed E-state index contributed by atoms with van der Waals surface area (Å²) < 4.78 is 5.94. The van der Waals surface area contributed by atoms with E-state index in [-0.39, 0.29) is 24.3 Å². The van der Waals surface area contributed by atoms with Crippen molar-refractivity contribution in [2.75, 3.05) is 18.9 Å². The summed E-state index contributed by atoms with van der Waals surface area (Å²) in [6.45, 7) is 4.26. The van der Waals surface area contributed by atoms with Crippen molar-refractivity contribution in [3.8, 4) is 5.75 Å². The maximum absolute atomic E-state index is 12.6. The number of carbonyl (C=O) groups is 2. The SMILES string of the molecule is CC(Oc1ccc(NC(=O)C2(C)CC(=O)N(C)C2)cc1)c1ccccc1. The van der Waals surface area contributed by atoms with E-state index in [1.54, 1.807) is 11.9 Å². The van der Waals surface area contributed by atoms with Crippen LogP contribution < -0.4 is 10.1 Å². The fourth-order valence-corrected chi connectivity index (χ4v) is 3.18. The largest absolute Gasteiger partial charge is 0.486 e. The van der Waals surface area contributed by atoms with Gasteiger partial charge in [-0.3, -0.25) is 9.59 Å². The Morgan fingerprint density at radius 3 is 2.38 bits per heavy atom. The first-order valence-electron chi connectivity index (χ1n) is 8.74. The maximum atomic E-state index is 12.6. The molecule has 0 spiro atoms. The van der Waals surface area contributed by atoms with Crippen molar-refractivity contribution >= 4 is 17.5 Å². The van der Waals surface area contributed by atoms with Crippen LogP contribution in [0.3, 0.4) is 0 Å². The summed E-state index contributed by atoms with van der Waals surface area (Å²) in [4.78, 5) is 25.9. The summed E-state index contributed by atoms with van der Waals surface area (Å²) in [7, 11) is 1.72. The molecular weight excluding hydrogens is 328 g/mol. The third-order valence-electron chi connectivity index (χ3n) is 4.80. The highest BCUT2D eigenvalue weighted by molar-refractivity contribution is 5.99. The molecule has 0 radical (unpaired) electrons. The van der Waals surface area contributed by atoms with Gasteiger partial charge < -0.3 is 15.0 Å². The third kappa shape index (κ3) is 3.87. The van der Waals surface area contributed by atoms with Gasteiger partial charge >= 0.3 is 0 Å². The molecule has 1 aliphatic rings. The molecule has 1 N–H and O–H groups in total. The van der Waals surface area contributed by atoms with E-state index < -0.39 is 5.41 Å². The number of carbonyl (C=O) groups excluding carboxylic acids is 2. The Kier molecular flexibility index (Phi) is 4.98. The van der Waals surface area contributed by atoms with Crippen molar-refractivity contribution in [1.82, 2.24) is 4.90 Å². The molecule has 1 aliphatic heterocycles. The Morgan fingerprint density at radius 2 is 1.81 bits per heavy atom. The number of likely N-dealkylation sites (tertiary alicyclic amines) is 1. The number of hydrogen-bond acceptors (Lipinski definition) is 3. The Hall–Kier alpha value is -2.82. The summed E-state index contributed by atoms with van der Waals surface area (Å²) in [6, 6.07) is 17.3. The molecule has 136 valence electrons. The van der Waals surface area contributed by atoms with Crippen LogP contribution in [0.15, 0.2) is 54.6 Å². The van der Waals surface area contributed by atoms with E-state index in [2.05, 4.69) is 5.32 Å². The highest BCUT2D eigenvalue weighted by Crippen LogP contribution is 2.32. The number of nitrogens with one attached hydrogen (secondary N) is 1. The molecule has 2 aromatic carbocycles. The molecule has 1 heterocycles. The second kappa shape index (κ2) is 7.20. The van der Waals surface area contributed by atoms with Crippen LogP contribution >= 0.6 is 0 Å². The molecule has 2 unspecified atom stereocenters. The summed E-state index contributed by atoms with van der Waals surface area (Å²) in [5, 5.41) is 2.90. The summed E-state index contributed by atoms with van der Waals surface area (Å²) in [5.74, 6) is 0.601. The Balaban J connectivity index is 1.61. The van der Waals surface area contributed by atoms with Crippen molar-refractivity contribution in [2.24, 2.45) is 5.41 Å². The normalized spacial score (nSPS) is 20.7. The predicted octanol–water partition coefficient (Wildman–Crippen LogP) is 3.63. The zero-order valence-electron chi connectivity index (χ0n) is 15.4. The van der Waals surface area contributed by atoms with Gasteiger partial charge in [0, 0.05) is 25.7 Å². The average Bonchev–Trinajstić information content (AvgIpc) is 2.90. The van der Waals surface area contributed by atoms with Gasteiger partial charge in [-0.2, -0.15) is 0 Å². The van der Waals surface area contributed by atoms with Crippen molar-refractivity contribution in [3.05, 3.63) is 60.2 Å². The zero-order valence-corrected chi connectivity index (χ0v) is 15.4. The van der Waals surface area contributed by atoms with Crippen molar-refractivity contribution in [2.45, 2.75) is 26.4 Å². The van der Waals surface area contributed by atoms with Gasteiger partial charge in [-0.25, -0.2) is 0 Å². The first kappa shape index (κ1) is 18.0. The smallest absolute Gasteiger partial charge is 0.232 e. The first-order valence-corrected chi connectivity index (χ1v) is 8.74. The van der Waals surface area contributed by atoms with E-state index >= 15 is 0 Å². The van der Waals surface area contributed by atoms with Crippen LogP contribution in [-0.4, -0.2) is 30.3 Å². The van der Waals surface area contributed by atoms with Gasteiger partial charge in [0.15, 0.2) is 0 Å². The molecule has 2 atom stereocenters. The Labute approximate surface area is 154 Å². The minimum Gasteiger partial charge on any atom is -0.486 e. The lowest BCUT2D eigenvalue weighted by Crippen LogP contribution is -2.35. The second-order valence-corrected chi connectivity index (χ2v) is 7.14. The Bertz CT molecular complexity index is 789. The van der Waals surface area contributed by atoms with Crippen molar-refractivity contribution < 1.29 is 14.3 Å². The van der Waals surface area contributed by atoms with E-state index in [1.807, 2.05) is 68.4 Å². The molecule has 0 aliphatic carbocycles. The quantitative estimate of drug-likeness (QED) is 0.894. The van der Waals surface area contributed by atoms with Crippen LogP contribution in [0.1, 0.15) is 31.9 Å². The highest BCUT2D eigenvalue weighted by Gasteiger charge is 2.43. The lowest BCUT2D eigenvalue weighted by molar-refractivity contribution is -0.128. The maximum Gasteiger partial charge on any atom is 0.232 e. The van der Waals surface area contributed by atoms with E-state index in [1.165, 1.54) is 0 Å². The molecule has 0 saturated carbocycles. The minimum absolute atomic E-state index is 0.00120. The van der Waals surface area contributed by atoms with Crippen molar-refractivity contribution in [3.63, 3.8) is 0 Å². The number of nitrogens with zero attached hydrogens (tertiary/aromatic N) is 1. The average molecular weight is 352 g/mol. The van der Waals surface area contributed by atoms with Gasteiger partial charge in [0.1, 0.15) is 11.9 Å². The second-order valence-electron chi connectivity index (χ2n) is 7.14. The number of benzene rings is 2. The fraction of sp³-hybridized carbons (Fsp3) is 0.333. The molecule has 2 aromatic rings. The van der Waals surface area contributed by atoms with Crippen LogP contribution in [0, 0.1) is 5.41 Å². The lowest BCUT2D eigenvalue weighted by atomic mass is 9.88. The predicted molar refractivity (Wildman–Crippen MR) is 101 cm³/mol. The third-order valence-corrected chi connectivity index (χ3v) is 4.80. The number of amides is 2. The molecule has 5 nitrogen and oxygen atoms in total. The fourth-order valence-electron chi connectivity index (χ4n) is 3.18. The summed E-state index contributed by atoms with van der Waals surface area (Å²) in [6.07, 6.45) is 0.182. The molecule has 3 rings (SSSR count). The van der Waals surface area contributed by atoms with Gasteiger partial charge in [0.25, 0.3) is 0 Å². The molecule has 26 heavy (non-hydrogen) atoms. The summed E-state index contributed by atoms with van der Waals surface area (Å²) in [5.41, 5.74) is 1.11. The van der Waals surface area contributed by atoms with E-state index in [0.717, 1.165) is 11.3 Å². The van der Waals surface area contributed by atoms with E-state index in [9.17, 15) is 9.59 Å². The number of anilines is 1. The lowest BCUT2D eigenvalue weighted by Gasteiger charge is -2.22.